The van der Waals surface area contributed by atoms with Crippen molar-refractivity contribution in [3.05, 3.63) is 24.0 Å². The minimum Gasteiger partial charge on any atom is -0.396 e. The normalized spacial score (nSPS) is 10.4. The Morgan fingerprint density at radius 3 is 2.79 bits per heavy atom. The monoisotopic (exact) mass is 231 g/mol. The molecule has 0 aliphatic heterocycles. The number of nitrogen functional groups attached to an aromatic ring is 1. The Kier molecular flexibility index (Phi) is 5.19. The molecule has 4 heteroatoms. The van der Waals surface area contributed by atoms with E-state index in [1.165, 1.54) is 6.07 Å². The van der Waals surface area contributed by atoms with Crippen LogP contribution < -0.4 is 5.73 Å². The summed E-state index contributed by atoms with van der Waals surface area (Å²) >= 11 is 3.56. The fourth-order valence-electron chi connectivity index (χ4n) is 0.960. The highest BCUT2D eigenvalue weighted by Crippen LogP contribution is 2.22. The summed E-state index contributed by atoms with van der Waals surface area (Å²) in [6.07, 6.45) is 0. The molecule has 0 atom stereocenters. The predicted octanol–water partition coefficient (Wildman–Crippen LogP) is 3.25. The molecule has 1 aromatic carbocycles. The number of nitrogens with two attached hydrogens (primary N) is 1. The maximum atomic E-state index is 13.0. The minimum atomic E-state index is -0.321. The van der Waals surface area contributed by atoms with Crippen molar-refractivity contribution in [2.45, 2.75) is 11.8 Å². The van der Waals surface area contributed by atoms with Crippen molar-refractivity contribution >= 4 is 29.2 Å². The van der Waals surface area contributed by atoms with Crippen LogP contribution in [0.15, 0.2) is 23.1 Å². The SMILES string of the molecule is CCSCCSc1ccc(N)c(F)c1. The van der Waals surface area contributed by atoms with E-state index in [1.54, 1.807) is 17.8 Å². The molecule has 0 radical (unpaired) electrons. The summed E-state index contributed by atoms with van der Waals surface area (Å²) in [5, 5.41) is 0. The first-order valence-corrected chi connectivity index (χ1v) is 6.63. The molecule has 1 nitrogen and oxygen atoms in total. The zero-order valence-corrected chi connectivity index (χ0v) is 9.76. The van der Waals surface area contributed by atoms with E-state index >= 15 is 0 Å². The van der Waals surface area contributed by atoms with Gasteiger partial charge in [0.05, 0.1) is 5.69 Å². The van der Waals surface area contributed by atoms with Crippen LogP contribution in [0.4, 0.5) is 10.1 Å². The van der Waals surface area contributed by atoms with Gasteiger partial charge in [0, 0.05) is 16.4 Å². The molecule has 2 N–H and O–H groups in total. The highest BCUT2D eigenvalue weighted by molar-refractivity contribution is 8.02. The van der Waals surface area contributed by atoms with Crippen LogP contribution in [-0.2, 0) is 0 Å². The van der Waals surface area contributed by atoms with Crippen molar-refractivity contribution in [3.8, 4) is 0 Å². The van der Waals surface area contributed by atoms with Crippen molar-refractivity contribution in [1.29, 1.82) is 0 Å². The largest absolute Gasteiger partial charge is 0.396 e. The first-order valence-electron chi connectivity index (χ1n) is 4.49. The van der Waals surface area contributed by atoms with Gasteiger partial charge < -0.3 is 5.73 Å². The Hall–Kier alpha value is -0.350. The van der Waals surface area contributed by atoms with Gasteiger partial charge in [0.25, 0.3) is 0 Å². The Morgan fingerprint density at radius 2 is 2.14 bits per heavy atom. The van der Waals surface area contributed by atoms with Gasteiger partial charge in [-0.15, -0.1) is 11.8 Å². The van der Waals surface area contributed by atoms with Crippen LogP contribution in [0.2, 0.25) is 0 Å². The van der Waals surface area contributed by atoms with Crippen LogP contribution >= 0.6 is 23.5 Å². The third-order valence-corrected chi connectivity index (χ3v) is 3.83. The lowest BCUT2D eigenvalue weighted by Crippen LogP contribution is -1.90. The molecule has 14 heavy (non-hydrogen) atoms. The van der Waals surface area contributed by atoms with Crippen LogP contribution in [0.3, 0.4) is 0 Å². The summed E-state index contributed by atoms with van der Waals surface area (Å²) < 4.78 is 13.0. The first kappa shape index (κ1) is 11.7. The summed E-state index contributed by atoms with van der Waals surface area (Å²) in [6.45, 7) is 2.14. The second-order valence-electron chi connectivity index (χ2n) is 2.73. The van der Waals surface area contributed by atoms with Crippen molar-refractivity contribution in [2.24, 2.45) is 0 Å². The van der Waals surface area contributed by atoms with Gasteiger partial charge in [-0.1, -0.05) is 6.92 Å². The molecule has 0 heterocycles. The van der Waals surface area contributed by atoms with Gasteiger partial charge in [-0.2, -0.15) is 11.8 Å². The fraction of sp³-hybridized carbons (Fsp3) is 0.400. The summed E-state index contributed by atoms with van der Waals surface area (Å²) in [5.41, 5.74) is 5.60. The van der Waals surface area contributed by atoms with Crippen molar-refractivity contribution in [1.82, 2.24) is 0 Å². The molecule has 1 rings (SSSR count). The van der Waals surface area contributed by atoms with Crippen molar-refractivity contribution < 1.29 is 4.39 Å². The van der Waals surface area contributed by atoms with Gasteiger partial charge >= 0.3 is 0 Å². The molecule has 0 spiro atoms. The molecule has 0 amide bonds. The Labute approximate surface area is 92.6 Å². The molecular weight excluding hydrogens is 217 g/mol. The van der Waals surface area contributed by atoms with Gasteiger partial charge in [-0.3, -0.25) is 0 Å². The summed E-state index contributed by atoms with van der Waals surface area (Å²) in [5.74, 6) is 2.93. The average Bonchev–Trinajstić information content (AvgIpc) is 2.18. The van der Waals surface area contributed by atoms with Crippen LogP contribution in [0, 0.1) is 5.82 Å². The van der Waals surface area contributed by atoms with Crippen LogP contribution in [0.25, 0.3) is 0 Å². The second-order valence-corrected chi connectivity index (χ2v) is 5.29. The van der Waals surface area contributed by atoms with E-state index in [1.807, 2.05) is 17.8 Å². The van der Waals surface area contributed by atoms with Crippen molar-refractivity contribution in [3.63, 3.8) is 0 Å². The predicted molar refractivity (Wildman–Crippen MR) is 64.5 cm³/mol. The molecule has 1 aromatic rings. The lowest BCUT2D eigenvalue weighted by atomic mass is 10.3. The topological polar surface area (TPSA) is 26.0 Å². The van der Waals surface area contributed by atoms with Gasteiger partial charge in [0.2, 0.25) is 0 Å². The third kappa shape index (κ3) is 3.80. The van der Waals surface area contributed by atoms with E-state index in [4.69, 9.17) is 5.73 Å². The van der Waals surface area contributed by atoms with E-state index < -0.39 is 0 Å². The molecule has 0 unspecified atom stereocenters. The second kappa shape index (κ2) is 6.19. The molecule has 0 saturated heterocycles. The molecule has 0 fully saturated rings. The van der Waals surface area contributed by atoms with Crippen LogP contribution in [0.5, 0.6) is 0 Å². The summed E-state index contributed by atoms with van der Waals surface area (Å²) in [4.78, 5) is 0.952. The van der Waals surface area contributed by atoms with Gasteiger partial charge in [-0.25, -0.2) is 4.39 Å². The van der Waals surface area contributed by atoms with E-state index in [-0.39, 0.29) is 11.5 Å². The smallest absolute Gasteiger partial charge is 0.147 e. The van der Waals surface area contributed by atoms with Crippen molar-refractivity contribution in [2.75, 3.05) is 23.0 Å². The van der Waals surface area contributed by atoms with Gasteiger partial charge in [0.15, 0.2) is 0 Å². The maximum absolute atomic E-state index is 13.0. The number of anilines is 1. The molecule has 0 aliphatic rings. The average molecular weight is 231 g/mol. The van der Waals surface area contributed by atoms with E-state index in [2.05, 4.69) is 6.92 Å². The van der Waals surface area contributed by atoms with E-state index in [0.717, 1.165) is 22.2 Å². The third-order valence-electron chi connectivity index (χ3n) is 1.67. The zero-order chi connectivity index (χ0) is 10.4. The zero-order valence-electron chi connectivity index (χ0n) is 8.13. The maximum Gasteiger partial charge on any atom is 0.147 e. The number of thioether (sulfide) groups is 2. The fourth-order valence-corrected chi connectivity index (χ4v) is 2.64. The number of rotatable bonds is 5. The summed E-state index contributed by atoms with van der Waals surface area (Å²) in [6, 6.07) is 4.97. The highest BCUT2D eigenvalue weighted by Gasteiger charge is 2.00. The molecule has 0 saturated carbocycles. The van der Waals surface area contributed by atoms with Crippen LogP contribution in [-0.4, -0.2) is 17.3 Å². The quantitative estimate of drug-likeness (QED) is 0.478. The standard InChI is InChI=1S/C10H14FNS2/c1-2-13-5-6-14-8-3-4-10(12)9(11)7-8/h3-4,7H,2,5-6,12H2,1H3. The first-order chi connectivity index (χ1) is 6.74. The highest BCUT2D eigenvalue weighted by atomic mass is 32.2. The van der Waals surface area contributed by atoms with Crippen LogP contribution in [0.1, 0.15) is 6.92 Å². The number of hydrogen-bond donors (Lipinski definition) is 1. The Morgan fingerprint density at radius 1 is 1.36 bits per heavy atom. The lowest BCUT2D eigenvalue weighted by molar-refractivity contribution is 0.629. The van der Waals surface area contributed by atoms with E-state index in [0.29, 0.717) is 0 Å². The summed E-state index contributed by atoms with van der Waals surface area (Å²) in [7, 11) is 0. The number of hydrogen-bond acceptors (Lipinski definition) is 3. The van der Waals surface area contributed by atoms with Gasteiger partial charge in [-0.05, 0) is 24.0 Å². The van der Waals surface area contributed by atoms with Gasteiger partial charge in [0.1, 0.15) is 5.82 Å². The Bertz CT molecular complexity index is 291. The molecule has 0 aromatic heterocycles. The number of halogens is 1. The minimum absolute atomic E-state index is 0.220. The molecule has 0 bridgehead atoms. The lowest BCUT2D eigenvalue weighted by Gasteiger charge is -2.02. The Balaban J connectivity index is 2.39. The molecule has 78 valence electrons. The molecular formula is C10H14FNS2. The molecule has 0 aliphatic carbocycles. The van der Waals surface area contributed by atoms with E-state index in [9.17, 15) is 4.39 Å². The number of benzene rings is 1.